The van der Waals surface area contributed by atoms with Crippen LogP contribution in [0.3, 0.4) is 0 Å². The molecule has 0 aliphatic heterocycles. The van der Waals surface area contributed by atoms with E-state index in [0.29, 0.717) is 12.0 Å². The molecule has 0 aromatic heterocycles. The van der Waals surface area contributed by atoms with Gasteiger partial charge in [-0.1, -0.05) is 24.3 Å². The zero-order valence-electron chi connectivity index (χ0n) is 15.3. The molecule has 9 heteroatoms. The molecule has 1 N–H and O–H groups in total. The van der Waals surface area contributed by atoms with Crippen molar-refractivity contribution in [1.82, 2.24) is 4.72 Å². The van der Waals surface area contributed by atoms with Gasteiger partial charge < -0.3 is 4.74 Å². The first-order chi connectivity index (χ1) is 12.2. The normalized spacial score (nSPS) is 12.8. The van der Waals surface area contributed by atoms with Gasteiger partial charge in [0.2, 0.25) is 16.6 Å². The van der Waals surface area contributed by atoms with Gasteiger partial charge in [-0.25, -0.2) is 13.1 Å². The Balaban J connectivity index is 2.72. The third-order valence-electron chi connectivity index (χ3n) is 3.88. The van der Waals surface area contributed by atoms with Crippen LogP contribution in [-0.4, -0.2) is 44.3 Å². The molecule has 1 aromatic rings. The van der Waals surface area contributed by atoms with Gasteiger partial charge in [-0.3, -0.25) is 14.9 Å². The number of hydrogen-bond donors (Lipinski definition) is 1. The Morgan fingerprint density at radius 3 is 2.38 bits per heavy atom. The van der Waals surface area contributed by atoms with E-state index in [0.717, 1.165) is 5.56 Å². The molecule has 0 bridgehead atoms. The van der Waals surface area contributed by atoms with Crippen molar-refractivity contribution >= 4 is 16.0 Å². The smallest absolute Gasteiger partial charge is 0.306 e. The van der Waals surface area contributed by atoms with Crippen molar-refractivity contribution in [2.24, 2.45) is 0 Å². The van der Waals surface area contributed by atoms with E-state index < -0.39 is 32.1 Å². The van der Waals surface area contributed by atoms with E-state index in [-0.39, 0.29) is 26.1 Å². The molecule has 0 amide bonds. The summed E-state index contributed by atoms with van der Waals surface area (Å²) in [7, 11) is -3.30. The summed E-state index contributed by atoms with van der Waals surface area (Å²) >= 11 is 0. The molecule has 0 saturated carbocycles. The van der Waals surface area contributed by atoms with Gasteiger partial charge >= 0.3 is 5.97 Å². The molecule has 8 nitrogen and oxygen atoms in total. The number of nitrogens with one attached hydrogen (secondary N) is 1. The molecule has 1 rings (SSSR count). The third-order valence-corrected chi connectivity index (χ3v) is 5.72. The second-order valence-electron chi connectivity index (χ2n) is 6.20. The SMILES string of the molecule is CCOC(=O)CC(C[N+](=O)[O-])c1ccc(CCNS(=O)(=O)C(C)C)cc1. The standard InChI is InChI=1S/C17H26N2O6S/c1-4-25-17(20)11-16(12-19(21)22)15-7-5-14(6-8-15)9-10-18-26(23,24)13(2)3/h5-8,13,16,18H,4,9-12H2,1-3H3. The molecule has 1 atom stereocenters. The van der Waals surface area contributed by atoms with E-state index in [9.17, 15) is 23.3 Å². The Bertz CT molecular complexity index is 700. The van der Waals surface area contributed by atoms with Crippen molar-refractivity contribution in [3.05, 3.63) is 45.5 Å². The summed E-state index contributed by atoms with van der Waals surface area (Å²) in [6.45, 7) is 5.05. The maximum absolute atomic E-state index is 11.7. The molecule has 0 fully saturated rings. The number of rotatable bonds is 11. The summed E-state index contributed by atoms with van der Waals surface area (Å²) in [5, 5.41) is 10.4. The van der Waals surface area contributed by atoms with Crippen LogP contribution in [0.2, 0.25) is 0 Å². The van der Waals surface area contributed by atoms with Crippen LogP contribution in [0.4, 0.5) is 0 Å². The summed E-state index contributed by atoms with van der Waals surface area (Å²) in [5.41, 5.74) is 1.58. The van der Waals surface area contributed by atoms with Crippen molar-refractivity contribution in [2.75, 3.05) is 19.7 Å². The number of benzene rings is 1. The zero-order valence-corrected chi connectivity index (χ0v) is 16.1. The summed E-state index contributed by atoms with van der Waals surface area (Å²) < 4.78 is 30.8. The first kappa shape index (κ1) is 22.0. The molecule has 26 heavy (non-hydrogen) atoms. The maximum atomic E-state index is 11.7. The fourth-order valence-corrected chi connectivity index (χ4v) is 3.07. The quantitative estimate of drug-likeness (QED) is 0.353. The van der Waals surface area contributed by atoms with Crippen molar-refractivity contribution < 1.29 is 22.9 Å². The second kappa shape index (κ2) is 10.2. The minimum atomic E-state index is -3.30. The number of hydrogen-bond acceptors (Lipinski definition) is 6. The number of esters is 1. The first-order valence-electron chi connectivity index (χ1n) is 8.50. The highest BCUT2D eigenvalue weighted by Crippen LogP contribution is 2.21. The predicted molar refractivity (Wildman–Crippen MR) is 98.1 cm³/mol. The largest absolute Gasteiger partial charge is 0.466 e. The topological polar surface area (TPSA) is 116 Å². The summed E-state index contributed by atoms with van der Waals surface area (Å²) in [6, 6.07) is 7.05. The van der Waals surface area contributed by atoms with E-state index in [1.807, 2.05) is 0 Å². The van der Waals surface area contributed by atoms with Gasteiger partial charge in [0, 0.05) is 11.5 Å². The minimum Gasteiger partial charge on any atom is -0.466 e. The lowest BCUT2D eigenvalue weighted by Gasteiger charge is -2.13. The summed E-state index contributed by atoms with van der Waals surface area (Å²) in [5.74, 6) is -1.02. The lowest BCUT2D eigenvalue weighted by molar-refractivity contribution is -0.483. The molecular weight excluding hydrogens is 360 g/mol. The van der Waals surface area contributed by atoms with Crippen molar-refractivity contribution in [3.8, 4) is 0 Å². The van der Waals surface area contributed by atoms with E-state index >= 15 is 0 Å². The highest BCUT2D eigenvalue weighted by Gasteiger charge is 2.22. The van der Waals surface area contributed by atoms with Crippen molar-refractivity contribution in [3.63, 3.8) is 0 Å². The van der Waals surface area contributed by atoms with Crippen LogP contribution in [-0.2, 0) is 26.0 Å². The van der Waals surface area contributed by atoms with Gasteiger partial charge in [0.05, 0.1) is 24.2 Å². The Morgan fingerprint density at radius 2 is 1.88 bits per heavy atom. The average molecular weight is 386 g/mol. The summed E-state index contributed by atoms with van der Waals surface area (Å²) in [4.78, 5) is 22.1. The van der Waals surface area contributed by atoms with Gasteiger partial charge in [-0.05, 0) is 38.3 Å². The molecule has 0 aliphatic carbocycles. The highest BCUT2D eigenvalue weighted by molar-refractivity contribution is 7.90. The van der Waals surface area contributed by atoms with Crippen LogP contribution >= 0.6 is 0 Å². The number of sulfonamides is 1. The Morgan fingerprint density at radius 1 is 1.27 bits per heavy atom. The number of carbonyl (C=O) groups is 1. The molecular formula is C17H26N2O6S. The van der Waals surface area contributed by atoms with E-state index in [4.69, 9.17) is 4.74 Å². The molecule has 1 aromatic carbocycles. The van der Waals surface area contributed by atoms with Crippen LogP contribution in [0.5, 0.6) is 0 Å². The molecule has 146 valence electrons. The van der Waals surface area contributed by atoms with Crippen LogP contribution < -0.4 is 4.72 Å². The number of carbonyl (C=O) groups excluding carboxylic acids is 1. The first-order valence-corrected chi connectivity index (χ1v) is 10.0. The predicted octanol–water partition coefficient (Wildman–Crippen LogP) is 1.87. The van der Waals surface area contributed by atoms with Gasteiger partial charge in [-0.2, -0.15) is 0 Å². The van der Waals surface area contributed by atoms with Gasteiger partial charge in [0.15, 0.2) is 0 Å². The second-order valence-corrected chi connectivity index (χ2v) is 8.52. The molecule has 0 heterocycles. The lowest BCUT2D eigenvalue weighted by Crippen LogP contribution is -2.32. The molecule has 0 radical (unpaired) electrons. The van der Waals surface area contributed by atoms with Gasteiger partial charge in [-0.15, -0.1) is 0 Å². The number of ether oxygens (including phenoxy) is 1. The maximum Gasteiger partial charge on any atom is 0.306 e. The molecule has 0 spiro atoms. The average Bonchev–Trinajstić information content (AvgIpc) is 2.54. The fraction of sp³-hybridized carbons (Fsp3) is 0.588. The molecule has 1 unspecified atom stereocenters. The third kappa shape index (κ3) is 7.49. The van der Waals surface area contributed by atoms with E-state index in [2.05, 4.69) is 4.72 Å². The number of nitro groups is 1. The van der Waals surface area contributed by atoms with E-state index in [1.54, 1.807) is 45.0 Å². The van der Waals surface area contributed by atoms with Crippen LogP contribution in [0.1, 0.15) is 44.2 Å². The van der Waals surface area contributed by atoms with Crippen molar-refractivity contribution in [1.29, 1.82) is 0 Å². The van der Waals surface area contributed by atoms with Crippen LogP contribution in [0.25, 0.3) is 0 Å². The Kier molecular flexibility index (Phi) is 8.67. The zero-order chi connectivity index (χ0) is 19.7. The van der Waals surface area contributed by atoms with Gasteiger partial charge in [0.25, 0.3) is 0 Å². The van der Waals surface area contributed by atoms with Crippen molar-refractivity contribution in [2.45, 2.75) is 44.8 Å². The Hall–Kier alpha value is -2.00. The number of nitrogens with zero attached hydrogens (tertiary/aromatic N) is 1. The Labute approximate surface area is 154 Å². The van der Waals surface area contributed by atoms with Gasteiger partial charge in [0.1, 0.15) is 0 Å². The fourth-order valence-electron chi connectivity index (χ4n) is 2.35. The minimum absolute atomic E-state index is 0.0532. The summed E-state index contributed by atoms with van der Waals surface area (Å²) in [6.07, 6.45) is 0.451. The van der Waals surface area contributed by atoms with Crippen LogP contribution in [0, 0.1) is 10.1 Å². The molecule has 0 aliphatic rings. The monoisotopic (exact) mass is 386 g/mol. The van der Waals surface area contributed by atoms with Crippen LogP contribution in [0.15, 0.2) is 24.3 Å². The van der Waals surface area contributed by atoms with E-state index in [1.165, 1.54) is 0 Å². The highest BCUT2D eigenvalue weighted by atomic mass is 32.2. The lowest BCUT2D eigenvalue weighted by atomic mass is 9.94. The molecule has 0 saturated heterocycles.